The van der Waals surface area contributed by atoms with Gasteiger partial charge in [-0.25, -0.2) is 0 Å². The molecule has 0 heterocycles. The Morgan fingerprint density at radius 2 is 0.895 bits per heavy atom. The summed E-state index contributed by atoms with van der Waals surface area (Å²) in [6.45, 7) is 18.7. The summed E-state index contributed by atoms with van der Waals surface area (Å²) in [4.78, 5) is 2.61. The van der Waals surface area contributed by atoms with Crippen LogP contribution in [0.15, 0.2) is 224 Å². The summed E-state index contributed by atoms with van der Waals surface area (Å²) in [6, 6.07) is 86.9. The van der Waals surface area contributed by atoms with Crippen LogP contribution in [0.4, 0.5) is 17.1 Å². The lowest BCUT2D eigenvalue weighted by Gasteiger charge is -2.35. The maximum Gasteiger partial charge on any atom is 0.0714 e. The lowest BCUT2D eigenvalue weighted by molar-refractivity contribution is 0.588. The fourth-order valence-electron chi connectivity index (χ4n) is 14.7. The third kappa shape index (κ3) is 6.51. The standard InChI is InChI=1S/C75H65N/c1-71(2,3)50-34-38-52(39-35-50)75(53-40-36-51(37-41-53)72(4,5)6)65-31-16-12-25-61(65)69-66(75)32-19-33-68(69)76(54-22-17-21-49(46-54)56-26-18-27-60-58-24-10-14-29-63(58)73(7,8)70(56)60)55-42-43-59-57-23-11-15-30-64(57)74(67(59)47-55)45-44-48-20-9-13-28-62(48)74/h9-43,46-47H,44-45H2,1-8H3. The molecule has 1 spiro atoms. The summed E-state index contributed by atoms with van der Waals surface area (Å²) in [7, 11) is 0. The smallest absolute Gasteiger partial charge is 0.0714 e. The first-order valence-electron chi connectivity index (χ1n) is 27.6. The van der Waals surface area contributed by atoms with Gasteiger partial charge in [-0.05, 0) is 160 Å². The average Bonchev–Trinajstić information content (AvgIpc) is 4.16. The normalized spacial score (nSPS) is 16.8. The van der Waals surface area contributed by atoms with Crippen LogP contribution >= 0.6 is 0 Å². The maximum atomic E-state index is 2.61. The second-order valence-corrected chi connectivity index (χ2v) is 24.8. The Bertz CT molecular complexity index is 3920. The van der Waals surface area contributed by atoms with Gasteiger partial charge >= 0.3 is 0 Å². The van der Waals surface area contributed by atoms with Gasteiger partial charge in [-0.15, -0.1) is 0 Å². The first kappa shape index (κ1) is 46.5. The van der Waals surface area contributed by atoms with Crippen molar-refractivity contribution in [3.05, 3.63) is 291 Å². The second-order valence-electron chi connectivity index (χ2n) is 24.8. The predicted molar refractivity (Wildman–Crippen MR) is 319 cm³/mol. The van der Waals surface area contributed by atoms with E-state index in [1.807, 2.05) is 0 Å². The van der Waals surface area contributed by atoms with Crippen LogP contribution in [0.3, 0.4) is 0 Å². The van der Waals surface area contributed by atoms with Crippen LogP contribution in [0.5, 0.6) is 0 Å². The zero-order chi connectivity index (χ0) is 51.9. The molecule has 10 aromatic rings. The van der Waals surface area contributed by atoms with Gasteiger partial charge < -0.3 is 4.90 Å². The average molecular weight is 980 g/mol. The Hall–Kier alpha value is -8.00. The molecule has 1 nitrogen and oxygen atoms in total. The first-order chi connectivity index (χ1) is 36.7. The zero-order valence-corrected chi connectivity index (χ0v) is 45.2. The van der Waals surface area contributed by atoms with Crippen molar-refractivity contribution in [2.45, 2.75) is 95.3 Å². The Labute approximate surface area is 450 Å². The molecule has 1 heteroatoms. The topological polar surface area (TPSA) is 3.24 Å². The van der Waals surface area contributed by atoms with E-state index in [1.165, 1.54) is 117 Å². The van der Waals surface area contributed by atoms with E-state index < -0.39 is 5.41 Å². The Morgan fingerprint density at radius 3 is 1.58 bits per heavy atom. The largest absolute Gasteiger partial charge is 0.310 e. The minimum atomic E-state index is -0.593. The number of benzene rings is 10. The lowest BCUT2D eigenvalue weighted by atomic mass is 9.67. The molecule has 0 aromatic heterocycles. The highest BCUT2D eigenvalue weighted by molar-refractivity contribution is 5.99. The summed E-state index contributed by atoms with van der Waals surface area (Å²) in [6.07, 6.45) is 2.10. The van der Waals surface area contributed by atoms with E-state index in [0.717, 1.165) is 24.2 Å². The van der Waals surface area contributed by atoms with Crippen molar-refractivity contribution in [1.29, 1.82) is 0 Å². The fourth-order valence-corrected chi connectivity index (χ4v) is 14.7. The van der Waals surface area contributed by atoms with Gasteiger partial charge in [0.15, 0.2) is 0 Å². The summed E-state index contributed by atoms with van der Waals surface area (Å²) < 4.78 is 0. The minimum Gasteiger partial charge on any atom is -0.310 e. The van der Waals surface area contributed by atoms with Gasteiger partial charge in [0.2, 0.25) is 0 Å². The van der Waals surface area contributed by atoms with Crippen LogP contribution in [0.25, 0.3) is 44.5 Å². The first-order valence-corrected chi connectivity index (χ1v) is 27.6. The van der Waals surface area contributed by atoms with Crippen molar-refractivity contribution in [2.75, 3.05) is 4.90 Å². The molecule has 0 fully saturated rings. The van der Waals surface area contributed by atoms with Crippen molar-refractivity contribution in [3.8, 4) is 44.5 Å². The SMILES string of the molecule is CC(C)(C)c1ccc(C2(c3ccc(C(C)(C)C)cc3)c3ccccc3-c3c(N(c4cccc(-c5cccc6c5C(C)(C)c5ccccc5-6)c4)c4ccc5c(c4)C4(CCc6ccccc64)c4ccccc4-5)cccc32)cc1. The van der Waals surface area contributed by atoms with Gasteiger partial charge in [0.1, 0.15) is 0 Å². The molecular weight excluding hydrogens is 915 g/mol. The molecule has 0 N–H and O–H groups in total. The zero-order valence-electron chi connectivity index (χ0n) is 45.2. The molecule has 4 aliphatic carbocycles. The molecule has 76 heavy (non-hydrogen) atoms. The molecule has 1 atom stereocenters. The van der Waals surface area contributed by atoms with Crippen LogP contribution in [0.1, 0.15) is 129 Å². The molecule has 0 bridgehead atoms. The summed E-state index contributed by atoms with van der Waals surface area (Å²) in [5.41, 5.74) is 29.2. The van der Waals surface area contributed by atoms with Gasteiger partial charge in [-0.3, -0.25) is 0 Å². The molecule has 1 unspecified atom stereocenters. The Balaban J connectivity index is 1.04. The third-order valence-electron chi connectivity index (χ3n) is 18.3. The molecule has 10 aromatic carbocycles. The Kier molecular flexibility index (Phi) is 10.1. The predicted octanol–water partition coefficient (Wildman–Crippen LogP) is 19.3. The number of aryl methyl sites for hydroxylation is 1. The van der Waals surface area contributed by atoms with Crippen LogP contribution in [0, 0.1) is 0 Å². The number of hydrogen-bond donors (Lipinski definition) is 0. The van der Waals surface area contributed by atoms with Gasteiger partial charge in [-0.2, -0.15) is 0 Å². The maximum absolute atomic E-state index is 2.61. The number of fused-ring (bicyclic) bond motifs is 13. The molecule has 0 radical (unpaired) electrons. The second kappa shape index (κ2) is 16.5. The highest BCUT2D eigenvalue weighted by Gasteiger charge is 2.50. The van der Waals surface area contributed by atoms with E-state index in [1.54, 1.807) is 0 Å². The minimum absolute atomic E-state index is 0.0176. The number of rotatable bonds is 6. The molecule has 0 saturated heterocycles. The van der Waals surface area contributed by atoms with Crippen molar-refractivity contribution in [1.82, 2.24) is 0 Å². The quantitative estimate of drug-likeness (QED) is 0.160. The van der Waals surface area contributed by atoms with Crippen LogP contribution in [-0.4, -0.2) is 0 Å². The van der Waals surface area contributed by atoms with Crippen molar-refractivity contribution in [3.63, 3.8) is 0 Å². The van der Waals surface area contributed by atoms with Gasteiger partial charge in [0, 0.05) is 27.8 Å². The summed E-state index contributed by atoms with van der Waals surface area (Å²) >= 11 is 0. The fraction of sp³-hybridized carbons (Fsp3) is 0.200. The summed E-state index contributed by atoms with van der Waals surface area (Å²) in [5.74, 6) is 0. The van der Waals surface area contributed by atoms with E-state index in [2.05, 4.69) is 285 Å². The van der Waals surface area contributed by atoms with E-state index >= 15 is 0 Å². The summed E-state index contributed by atoms with van der Waals surface area (Å²) in [5, 5.41) is 0. The van der Waals surface area contributed by atoms with E-state index in [4.69, 9.17) is 0 Å². The molecule has 4 aliphatic rings. The number of hydrogen-bond acceptors (Lipinski definition) is 1. The van der Waals surface area contributed by atoms with Crippen molar-refractivity contribution >= 4 is 17.1 Å². The molecule has 14 rings (SSSR count). The van der Waals surface area contributed by atoms with Gasteiger partial charge in [0.25, 0.3) is 0 Å². The third-order valence-corrected chi connectivity index (χ3v) is 18.3. The molecule has 0 saturated carbocycles. The van der Waals surface area contributed by atoms with Crippen LogP contribution in [0.2, 0.25) is 0 Å². The van der Waals surface area contributed by atoms with E-state index in [0.29, 0.717) is 0 Å². The van der Waals surface area contributed by atoms with Crippen molar-refractivity contribution in [2.24, 2.45) is 0 Å². The van der Waals surface area contributed by atoms with E-state index in [9.17, 15) is 0 Å². The van der Waals surface area contributed by atoms with Crippen LogP contribution in [-0.2, 0) is 33.5 Å². The van der Waals surface area contributed by atoms with Gasteiger partial charge in [0.05, 0.1) is 11.1 Å². The number of nitrogens with zero attached hydrogens (tertiary/aromatic N) is 1. The van der Waals surface area contributed by atoms with Crippen LogP contribution < -0.4 is 4.90 Å². The Morgan fingerprint density at radius 1 is 0.382 bits per heavy atom. The van der Waals surface area contributed by atoms with E-state index in [-0.39, 0.29) is 21.7 Å². The number of anilines is 3. The highest BCUT2D eigenvalue weighted by Crippen LogP contribution is 2.62. The van der Waals surface area contributed by atoms with Crippen molar-refractivity contribution < 1.29 is 0 Å². The molecule has 370 valence electrons. The lowest BCUT2D eigenvalue weighted by Crippen LogP contribution is -2.29. The molecule has 0 amide bonds. The molecule has 0 aliphatic heterocycles. The monoisotopic (exact) mass is 980 g/mol. The highest BCUT2D eigenvalue weighted by atomic mass is 15.1. The molecular formula is C75H65N. The van der Waals surface area contributed by atoms with Gasteiger partial charge in [-0.1, -0.05) is 250 Å².